The molecule has 0 N–H and O–H groups in total. The molecule has 0 spiro atoms. The van der Waals surface area contributed by atoms with Crippen LogP contribution in [-0.4, -0.2) is 29.3 Å². The highest BCUT2D eigenvalue weighted by atomic mass is 16.1. The van der Waals surface area contributed by atoms with Crippen LogP contribution in [0, 0.1) is 0 Å². The Morgan fingerprint density at radius 2 is 1.86 bits per heavy atom. The maximum absolute atomic E-state index is 11.3. The lowest BCUT2D eigenvalue weighted by molar-refractivity contribution is -0.124. The Kier molecular flexibility index (Phi) is 6.81. The summed E-state index contributed by atoms with van der Waals surface area (Å²) in [6.07, 6.45) is 3.53. The van der Waals surface area contributed by atoms with Crippen molar-refractivity contribution < 1.29 is 4.79 Å². The van der Waals surface area contributed by atoms with E-state index in [0.29, 0.717) is 11.8 Å². The highest BCUT2D eigenvalue weighted by Crippen LogP contribution is 2.19. The Labute approximate surface area is 88.7 Å². The first-order valence-electron chi connectivity index (χ1n) is 5.89. The van der Waals surface area contributed by atoms with Gasteiger partial charge in [0.1, 0.15) is 5.78 Å². The van der Waals surface area contributed by atoms with Crippen molar-refractivity contribution in [3.05, 3.63) is 0 Å². The number of piperidine rings is 1. The Hall–Kier alpha value is -0.370. The van der Waals surface area contributed by atoms with Crippen LogP contribution in [0.1, 0.15) is 53.9 Å². The molecule has 0 aromatic heterocycles. The summed E-state index contributed by atoms with van der Waals surface area (Å²) in [5.74, 6) is 0.336. The third kappa shape index (κ3) is 3.79. The Morgan fingerprint density at radius 3 is 2.21 bits per heavy atom. The Bertz CT molecular complexity index is 166. The van der Waals surface area contributed by atoms with Crippen LogP contribution in [0.15, 0.2) is 0 Å². The summed E-state index contributed by atoms with van der Waals surface area (Å²) >= 11 is 0. The normalized spacial score (nSPS) is 22.9. The van der Waals surface area contributed by atoms with E-state index in [-0.39, 0.29) is 6.04 Å². The molecule has 1 saturated heterocycles. The van der Waals surface area contributed by atoms with Crippen LogP contribution in [0.5, 0.6) is 0 Å². The molecule has 0 bridgehead atoms. The molecule has 1 heterocycles. The van der Waals surface area contributed by atoms with E-state index < -0.39 is 0 Å². The van der Waals surface area contributed by atoms with E-state index >= 15 is 0 Å². The van der Waals surface area contributed by atoms with Gasteiger partial charge in [0.2, 0.25) is 0 Å². The molecule has 1 aliphatic rings. The molecular formula is C12H25NO. The molecule has 2 nitrogen and oxygen atoms in total. The fourth-order valence-corrected chi connectivity index (χ4v) is 2.01. The van der Waals surface area contributed by atoms with E-state index in [1.54, 1.807) is 6.92 Å². The molecule has 0 aromatic rings. The summed E-state index contributed by atoms with van der Waals surface area (Å²) in [7, 11) is 0. The first kappa shape index (κ1) is 13.6. The molecule has 0 aliphatic carbocycles. The van der Waals surface area contributed by atoms with Gasteiger partial charge in [-0.2, -0.15) is 0 Å². The number of likely N-dealkylation sites (tertiary alicyclic amines) is 1. The summed E-state index contributed by atoms with van der Waals surface area (Å²) in [5.41, 5.74) is 0. The number of carbonyl (C=O) groups is 1. The molecule has 1 aliphatic heterocycles. The zero-order valence-corrected chi connectivity index (χ0v) is 10.3. The zero-order valence-electron chi connectivity index (χ0n) is 10.3. The summed E-state index contributed by atoms with van der Waals surface area (Å²) in [4.78, 5) is 13.6. The van der Waals surface area contributed by atoms with Gasteiger partial charge in [0.15, 0.2) is 0 Å². The van der Waals surface area contributed by atoms with E-state index in [4.69, 9.17) is 0 Å². The fraction of sp³-hybridized carbons (Fsp3) is 0.917. The van der Waals surface area contributed by atoms with Gasteiger partial charge < -0.3 is 0 Å². The molecular weight excluding hydrogens is 174 g/mol. The molecule has 0 amide bonds. The summed E-state index contributed by atoms with van der Waals surface area (Å²) in [6, 6.07) is 0.720. The zero-order chi connectivity index (χ0) is 11.1. The van der Waals surface area contributed by atoms with Crippen molar-refractivity contribution in [2.45, 2.75) is 66.0 Å². The third-order valence-corrected chi connectivity index (χ3v) is 2.68. The van der Waals surface area contributed by atoms with Crippen molar-refractivity contribution in [2.75, 3.05) is 6.54 Å². The van der Waals surface area contributed by atoms with E-state index in [0.717, 1.165) is 13.0 Å². The second-order valence-corrected chi connectivity index (χ2v) is 3.95. The number of ketones is 1. The average molecular weight is 199 g/mol. The molecule has 84 valence electrons. The van der Waals surface area contributed by atoms with Crippen molar-refractivity contribution >= 4 is 5.78 Å². The Morgan fingerprint density at radius 1 is 1.29 bits per heavy atom. The van der Waals surface area contributed by atoms with Gasteiger partial charge in [-0.3, -0.25) is 9.69 Å². The van der Waals surface area contributed by atoms with Gasteiger partial charge in [-0.25, -0.2) is 0 Å². The van der Waals surface area contributed by atoms with Crippen molar-refractivity contribution in [1.82, 2.24) is 4.90 Å². The van der Waals surface area contributed by atoms with Crippen LogP contribution >= 0.6 is 0 Å². The van der Waals surface area contributed by atoms with Gasteiger partial charge in [0.05, 0.1) is 6.04 Å². The molecule has 2 heteroatoms. The largest absolute Gasteiger partial charge is 0.298 e. The van der Waals surface area contributed by atoms with Crippen molar-refractivity contribution in [2.24, 2.45) is 0 Å². The predicted molar refractivity (Wildman–Crippen MR) is 61.5 cm³/mol. The lowest BCUT2D eigenvalue weighted by atomic mass is 9.98. The maximum Gasteiger partial charge on any atom is 0.146 e. The van der Waals surface area contributed by atoms with Crippen LogP contribution < -0.4 is 0 Å². The van der Waals surface area contributed by atoms with Gasteiger partial charge in [0.25, 0.3) is 0 Å². The number of hydrogen-bond donors (Lipinski definition) is 0. The SMILES string of the molecule is CC.CC(=O)C1CCCCN1C(C)C. The first-order valence-corrected chi connectivity index (χ1v) is 5.89. The monoisotopic (exact) mass is 199 g/mol. The van der Waals surface area contributed by atoms with Crippen molar-refractivity contribution in [3.63, 3.8) is 0 Å². The molecule has 1 fully saturated rings. The molecule has 0 radical (unpaired) electrons. The second-order valence-electron chi connectivity index (χ2n) is 3.95. The lowest BCUT2D eigenvalue weighted by Gasteiger charge is -2.37. The van der Waals surface area contributed by atoms with Crippen LogP contribution in [0.3, 0.4) is 0 Å². The van der Waals surface area contributed by atoms with Gasteiger partial charge in [0, 0.05) is 6.04 Å². The summed E-state index contributed by atoms with van der Waals surface area (Å²) in [5, 5.41) is 0. The number of rotatable bonds is 2. The van der Waals surface area contributed by atoms with E-state index in [1.165, 1.54) is 12.8 Å². The van der Waals surface area contributed by atoms with Crippen molar-refractivity contribution in [1.29, 1.82) is 0 Å². The van der Waals surface area contributed by atoms with Crippen LogP contribution in [-0.2, 0) is 4.79 Å². The highest BCUT2D eigenvalue weighted by molar-refractivity contribution is 5.81. The molecule has 1 atom stereocenters. The topological polar surface area (TPSA) is 20.3 Å². The third-order valence-electron chi connectivity index (χ3n) is 2.68. The number of carbonyl (C=O) groups excluding carboxylic acids is 1. The smallest absolute Gasteiger partial charge is 0.146 e. The fourth-order valence-electron chi connectivity index (χ4n) is 2.01. The molecule has 1 unspecified atom stereocenters. The van der Waals surface area contributed by atoms with Crippen molar-refractivity contribution in [3.8, 4) is 0 Å². The van der Waals surface area contributed by atoms with Crippen LogP contribution in [0.25, 0.3) is 0 Å². The molecule has 0 aromatic carbocycles. The van der Waals surface area contributed by atoms with E-state index in [1.807, 2.05) is 13.8 Å². The van der Waals surface area contributed by atoms with Crippen LogP contribution in [0.2, 0.25) is 0 Å². The first-order chi connectivity index (χ1) is 6.63. The lowest BCUT2D eigenvalue weighted by Crippen LogP contribution is -2.47. The number of hydrogen-bond acceptors (Lipinski definition) is 2. The quantitative estimate of drug-likeness (QED) is 0.681. The summed E-state index contributed by atoms with van der Waals surface area (Å²) in [6.45, 7) is 11.1. The van der Waals surface area contributed by atoms with Gasteiger partial charge in [-0.05, 0) is 40.2 Å². The average Bonchev–Trinajstić information content (AvgIpc) is 2.20. The molecule has 0 saturated carbocycles. The second kappa shape index (κ2) is 6.99. The maximum atomic E-state index is 11.3. The predicted octanol–water partition coefficient (Wildman–Crippen LogP) is 2.86. The van der Waals surface area contributed by atoms with Crippen LogP contribution in [0.4, 0.5) is 0 Å². The van der Waals surface area contributed by atoms with Gasteiger partial charge in [-0.15, -0.1) is 0 Å². The molecule has 14 heavy (non-hydrogen) atoms. The molecule has 1 rings (SSSR count). The summed E-state index contributed by atoms with van der Waals surface area (Å²) < 4.78 is 0. The minimum absolute atomic E-state index is 0.207. The highest BCUT2D eigenvalue weighted by Gasteiger charge is 2.27. The van der Waals surface area contributed by atoms with Gasteiger partial charge >= 0.3 is 0 Å². The number of Topliss-reactive ketones (excluding diaryl/α,β-unsaturated/α-hetero) is 1. The minimum atomic E-state index is 0.207. The van der Waals surface area contributed by atoms with E-state index in [2.05, 4.69) is 18.7 Å². The number of nitrogens with zero attached hydrogens (tertiary/aromatic N) is 1. The standard InChI is InChI=1S/C10H19NO.C2H6/c1-8(2)11-7-5-4-6-10(11)9(3)12;1-2/h8,10H,4-7H2,1-3H3;1-2H3. The Balaban J connectivity index is 0.000000791. The van der Waals surface area contributed by atoms with Gasteiger partial charge in [-0.1, -0.05) is 20.3 Å². The minimum Gasteiger partial charge on any atom is -0.298 e. The van der Waals surface area contributed by atoms with E-state index in [9.17, 15) is 4.79 Å².